The maximum absolute atomic E-state index is 13.8. The highest BCUT2D eigenvalue weighted by Gasteiger charge is 2.78. The molecular formula is C30H46O5. The summed E-state index contributed by atoms with van der Waals surface area (Å²) in [7, 11) is 0. The highest BCUT2D eigenvalue weighted by molar-refractivity contribution is 5.99. The van der Waals surface area contributed by atoms with Crippen molar-refractivity contribution in [2.24, 2.45) is 39.4 Å². The Morgan fingerprint density at radius 3 is 2.43 bits per heavy atom. The Balaban J connectivity index is 1.53. The van der Waals surface area contributed by atoms with Gasteiger partial charge in [0.2, 0.25) is 0 Å². The van der Waals surface area contributed by atoms with Crippen LogP contribution in [0.3, 0.4) is 0 Å². The van der Waals surface area contributed by atoms with E-state index in [1.54, 1.807) is 13.8 Å². The smallest absolute Gasteiger partial charge is 0.314 e. The standard InChI is InChI=1S/C30H46O5/c1-25(2,34)13-8-14-29(7)23-20(31)17-28(6)19-9-10-21-26(3,4)22(32)12-15-27(21,5)18(19)11-16-30(23,28)24(33)35-29/h11,19,21-23,32,34H,8-10,12-17H2,1-7H3/t19-,21?,22+,23-,27-,28+,29?,30?/m1/s1. The molecule has 0 aromatic carbocycles. The third-order valence-electron chi connectivity index (χ3n) is 11.8. The van der Waals surface area contributed by atoms with Crippen molar-refractivity contribution < 1.29 is 24.5 Å². The quantitative estimate of drug-likeness (QED) is 0.412. The number of fused-ring (bicyclic) bond motifs is 4. The fourth-order valence-corrected chi connectivity index (χ4v) is 10.0. The number of aliphatic hydroxyl groups is 2. The van der Waals surface area contributed by atoms with Crippen LogP contribution in [0.1, 0.15) is 106 Å². The number of hydrogen-bond acceptors (Lipinski definition) is 5. The van der Waals surface area contributed by atoms with Gasteiger partial charge in [0.1, 0.15) is 11.4 Å². The molecule has 1 aliphatic heterocycles. The van der Waals surface area contributed by atoms with E-state index in [1.807, 2.05) is 6.92 Å². The molecule has 2 N–H and O–H groups in total. The molecule has 0 radical (unpaired) electrons. The van der Waals surface area contributed by atoms with Gasteiger partial charge in [-0.25, -0.2) is 0 Å². The molecule has 5 nitrogen and oxygen atoms in total. The summed E-state index contributed by atoms with van der Waals surface area (Å²) < 4.78 is 6.18. The second-order valence-corrected chi connectivity index (χ2v) is 14.7. The molecule has 0 bridgehead atoms. The van der Waals surface area contributed by atoms with Gasteiger partial charge in [-0.3, -0.25) is 9.59 Å². The molecule has 0 amide bonds. The van der Waals surface area contributed by atoms with Gasteiger partial charge < -0.3 is 14.9 Å². The van der Waals surface area contributed by atoms with Crippen LogP contribution in [0.15, 0.2) is 11.6 Å². The lowest BCUT2D eigenvalue weighted by Gasteiger charge is -2.63. The summed E-state index contributed by atoms with van der Waals surface area (Å²) in [6.45, 7) is 14.6. The minimum Gasteiger partial charge on any atom is -0.458 e. The first kappa shape index (κ1) is 25.4. The Morgan fingerprint density at radius 2 is 1.77 bits per heavy atom. The van der Waals surface area contributed by atoms with Crippen molar-refractivity contribution in [3.63, 3.8) is 0 Å². The number of hydrogen-bond donors (Lipinski definition) is 2. The lowest BCUT2D eigenvalue weighted by atomic mass is 9.41. The number of carbonyl (C=O) groups excluding carboxylic acids is 2. The average Bonchev–Trinajstić information content (AvgIpc) is 3.11. The average molecular weight is 487 g/mol. The minimum atomic E-state index is -0.805. The third-order valence-corrected chi connectivity index (χ3v) is 11.8. The molecule has 3 unspecified atom stereocenters. The van der Waals surface area contributed by atoms with Crippen LogP contribution in [0, 0.1) is 39.4 Å². The van der Waals surface area contributed by atoms with Gasteiger partial charge in [-0.05, 0) is 100 Å². The van der Waals surface area contributed by atoms with Gasteiger partial charge in [0.25, 0.3) is 0 Å². The Bertz CT molecular complexity index is 974. The third kappa shape index (κ3) is 3.19. The van der Waals surface area contributed by atoms with E-state index < -0.39 is 27.9 Å². The Kier molecular flexibility index (Phi) is 5.40. The molecule has 8 atom stereocenters. The van der Waals surface area contributed by atoms with Crippen LogP contribution in [-0.4, -0.2) is 39.3 Å². The largest absolute Gasteiger partial charge is 0.458 e. The van der Waals surface area contributed by atoms with Gasteiger partial charge in [-0.2, -0.15) is 0 Å². The van der Waals surface area contributed by atoms with E-state index in [0.29, 0.717) is 38.0 Å². The fourth-order valence-electron chi connectivity index (χ4n) is 10.0. The van der Waals surface area contributed by atoms with Crippen LogP contribution in [0.4, 0.5) is 0 Å². The summed E-state index contributed by atoms with van der Waals surface area (Å²) in [6.07, 6.45) is 8.75. The second kappa shape index (κ2) is 7.43. The summed E-state index contributed by atoms with van der Waals surface area (Å²) in [5, 5.41) is 21.0. The molecule has 5 aliphatic rings. The monoisotopic (exact) mass is 486 g/mol. The molecule has 1 spiro atoms. The predicted molar refractivity (Wildman–Crippen MR) is 134 cm³/mol. The molecule has 4 fully saturated rings. The van der Waals surface area contributed by atoms with Crippen LogP contribution >= 0.6 is 0 Å². The Labute approximate surface area is 211 Å². The topological polar surface area (TPSA) is 83.8 Å². The normalized spacial score (nSPS) is 48.4. The maximum atomic E-state index is 13.8. The van der Waals surface area contributed by atoms with Crippen molar-refractivity contribution >= 4 is 11.8 Å². The van der Waals surface area contributed by atoms with Crippen LogP contribution in [-0.2, 0) is 14.3 Å². The molecule has 1 heterocycles. The van der Waals surface area contributed by atoms with E-state index in [9.17, 15) is 19.8 Å². The first-order valence-electron chi connectivity index (χ1n) is 13.9. The van der Waals surface area contributed by atoms with E-state index in [1.165, 1.54) is 5.57 Å². The molecule has 1 saturated heterocycles. The highest BCUT2D eigenvalue weighted by Crippen LogP contribution is 2.75. The van der Waals surface area contributed by atoms with E-state index in [0.717, 1.165) is 25.7 Å². The van der Waals surface area contributed by atoms with E-state index in [4.69, 9.17) is 4.74 Å². The summed E-state index contributed by atoms with van der Waals surface area (Å²) in [5.74, 6) is 0.189. The zero-order chi connectivity index (χ0) is 25.8. The van der Waals surface area contributed by atoms with Gasteiger partial charge in [-0.1, -0.05) is 39.3 Å². The number of Topliss-reactive ketones (excluding diaryl/α,β-unsaturated/α-hetero) is 1. The summed E-state index contributed by atoms with van der Waals surface area (Å²) in [4.78, 5) is 27.6. The number of esters is 1. The second-order valence-electron chi connectivity index (χ2n) is 14.7. The van der Waals surface area contributed by atoms with E-state index in [2.05, 4.69) is 33.8 Å². The molecule has 196 valence electrons. The molecule has 3 saturated carbocycles. The lowest BCUT2D eigenvalue weighted by Crippen LogP contribution is -2.58. The SMILES string of the molecule is CC(C)(O)CCCC1(C)OC(=O)C23CC=C4[C@@H](CCC5C(C)(C)[C@@H](O)CC[C@]45C)[C@]2(C)CC(=O)[C@H]13. The zero-order valence-electron chi connectivity index (χ0n) is 22.9. The number of ether oxygens (including phenoxy) is 1. The van der Waals surface area contributed by atoms with E-state index >= 15 is 0 Å². The number of allylic oxidation sites excluding steroid dienone is 2. The van der Waals surface area contributed by atoms with Crippen molar-refractivity contribution in [1.29, 1.82) is 0 Å². The number of aliphatic hydroxyl groups excluding tert-OH is 1. The van der Waals surface area contributed by atoms with Crippen molar-refractivity contribution in [3.8, 4) is 0 Å². The zero-order valence-corrected chi connectivity index (χ0v) is 22.9. The molecule has 5 heteroatoms. The maximum Gasteiger partial charge on any atom is 0.314 e. The molecular weight excluding hydrogens is 440 g/mol. The molecule has 0 aromatic rings. The predicted octanol–water partition coefficient (Wildman–Crippen LogP) is 5.37. The number of rotatable bonds is 4. The Hall–Kier alpha value is -1.20. The minimum absolute atomic E-state index is 0.00405. The van der Waals surface area contributed by atoms with Crippen LogP contribution < -0.4 is 0 Å². The molecule has 4 aliphatic carbocycles. The van der Waals surface area contributed by atoms with E-state index in [-0.39, 0.29) is 34.6 Å². The van der Waals surface area contributed by atoms with Gasteiger partial charge >= 0.3 is 5.97 Å². The van der Waals surface area contributed by atoms with Crippen LogP contribution in [0.2, 0.25) is 0 Å². The molecule has 5 rings (SSSR count). The van der Waals surface area contributed by atoms with Gasteiger partial charge in [0.15, 0.2) is 0 Å². The fraction of sp³-hybridized carbons (Fsp3) is 0.867. The van der Waals surface area contributed by atoms with Crippen LogP contribution in [0.5, 0.6) is 0 Å². The highest BCUT2D eigenvalue weighted by atomic mass is 16.6. The summed E-state index contributed by atoms with van der Waals surface area (Å²) in [5.41, 5.74) is -1.50. The Morgan fingerprint density at radius 1 is 1.09 bits per heavy atom. The summed E-state index contributed by atoms with van der Waals surface area (Å²) >= 11 is 0. The first-order chi connectivity index (χ1) is 16.0. The molecule has 0 aromatic heterocycles. The van der Waals surface area contributed by atoms with Crippen molar-refractivity contribution in [3.05, 3.63) is 11.6 Å². The van der Waals surface area contributed by atoms with Gasteiger partial charge in [0.05, 0.1) is 23.0 Å². The summed E-state index contributed by atoms with van der Waals surface area (Å²) in [6, 6.07) is 0. The molecule has 35 heavy (non-hydrogen) atoms. The number of cyclic esters (lactones) is 1. The first-order valence-corrected chi connectivity index (χ1v) is 13.9. The van der Waals surface area contributed by atoms with Crippen molar-refractivity contribution in [1.82, 2.24) is 0 Å². The van der Waals surface area contributed by atoms with Crippen LogP contribution in [0.25, 0.3) is 0 Å². The number of carbonyl (C=O) groups is 2. The van der Waals surface area contributed by atoms with Crippen molar-refractivity contribution in [2.75, 3.05) is 0 Å². The lowest BCUT2D eigenvalue weighted by molar-refractivity contribution is -0.163. The number of ketones is 1. The van der Waals surface area contributed by atoms with Crippen molar-refractivity contribution in [2.45, 2.75) is 124 Å². The van der Waals surface area contributed by atoms with Gasteiger partial charge in [0, 0.05) is 6.42 Å². The van der Waals surface area contributed by atoms with Gasteiger partial charge in [-0.15, -0.1) is 0 Å².